The van der Waals surface area contributed by atoms with Crippen LogP contribution in [0.5, 0.6) is 5.75 Å². The Balaban J connectivity index is 1.45. The number of carbonyl (C=O) groups is 1. The molecule has 1 aliphatic carbocycles. The fourth-order valence-electron chi connectivity index (χ4n) is 4.01. The number of methoxy groups -OCH3 is 1. The van der Waals surface area contributed by atoms with Gasteiger partial charge in [-0.05, 0) is 67.8 Å². The highest BCUT2D eigenvalue weighted by molar-refractivity contribution is 5.73. The zero-order chi connectivity index (χ0) is 16.4. The van der Waals surface area contributed by atoms with Crippen molar-refractivity contribution < 1.29 is 14.6 Å². The van der Waals surface area contributed by atoms with Crippen LogP contribution in [0.15, 0.2) is 24.3 Å². The van der Waals surface area contributed by atoms with Crippen molar-refractivity contribution in [1.29, 1.82) is 0 Å². The zero-order valence-corrected chi connectivity index (χ0v) is 14.1. The number of benzene rings is 1. The summed E-state index contributed by atoms with van der Waals surface area (Å²) in [6.07, 6.45) is 3.22. The SMILES string of the molecule is COc1ccc(C(C)CN2CCC([C@@H]3C[C@H]3C(=O)O)CC2)cc1. The molecule has 3 atom stereocenters. The average molecular weight is 317 g/mol. The number of hydrogen-bond donors (Lipinski definition) is 1. The van der Waals surface area contributed by atoms with Crippen molar-refractivity contribution in [3.05, 3.63) is 29.8 Å². The fourth-order valence-corrected chi connectivity index (χ4v) is 4.01. The van der Waals surface area contributed by atoms with Crippen LogP contribution in [0.2, 0.25) is 0 Å². The number of carboxylic acid groups (broad SMARTS) is 1. The molecule has 0 amide bonds. The quantitative estimate of drug-likeness (QED) is 0.875. The number of carboxylic acids is 1. The largest absolute Gasteiger partial charge is 0.497 e. The summed E-state index contributed by atoms with van der Waals surface area (Å²) in [5.41, 5.74) is 1.35. The molecule has 1 N–H and O–H groups in total. The second-order valence-electron chi connectivity index (χ2n) is 7.16. The molecule has 3 rings (SSSR count). The lowest BCUT2D eigenvalue weighted by Crippen LogP contribution is -2.37. The summed E-state index contributed by atoms with van der Waals surface area (Å²) in [7, 11) is 1.69. The average Bonchev–Trinajstić information content (AvgIpc) is 3.36. The lowest BCUT2D eigenvalue weighted by molar-refractivity contribution is -0.139. The van der Waals surface area contributed by atoms with Crippen molar-refractivity contribution in [2.75, 3.05) is 26.7 Å². The molecule has 0 aromatic heterocycles. The molecule has 4 heteroatoms. The van der Waals surface area contributed by atoms with Crippen LogP contribution < -0.4 is 4.74 Å². The van der Waals surface area contributed by atoms with Gasteiger partial charge >= 0.3 is 5.97 Å². The molecule has 1 saturated carbocycles. The summed E-state index contributed by atoms with van der Waals surface area (Å²) in [5, 5.41) is 9.07. The molecule has 1 aromatic rings. The maximum Gasteiger partial charge on any atom is 0.306 e. The van der Waals surface area contributed by atoms with E-state index in [2.05, 4.69) is 24.0 Å². The molecule has 0 bridgehead atoms. The first-order valence-electron chi connectivity index (χ1n) is 8.67. The Morgan fingerprint density at radius 2 is 1.96 bits per heavy atom. The lowest BCUT2D eigenvalue weighted by Gasteiger charge is -2.34. The zero-order valence-electron chi connectivity index (χ0n) is 14.1. The molecule has 1 heterocycles. The predicted molar refractivity (Wildman–Crippen MR) is 89.8 cm³/mol. The molecule has 1 aromatic carbocycles. The molecule has 0 radical (unpaired) electrons. The molecular weight excluding hydrogens is 290 g/mol. The number of rotatable bonds is 6. The van der Waals surface area contributed by atoms with E-state index >= 15 is 0 Å². The van der Waals surface area contributed by atoms with Crippen LogP contribution in [0.25, 0.3) is 0 Å². The molecule has 1 saturated heterocycles. The Bertz CT molecular complexity index is 534. The number of likely N-dealkylation sites (tertiary alicyclic amines) is 1. The maximum absolute atomic E-state index is 11.0. The van der Waals surface area contributed by atoms with Gasteiger partial charge in [0.15, 0.2) is 0 Å². The lowest BCUT2D eigenvalue weighted by atomic mass is 9.90. The minimum absolute atomic E-state index is 0.0511. The van der Waals surface area contributed by atoms with E-state index < -0.39 is 5.97 Å². The first-order valence-corrected chi connectivity index (χ1v) is 8.67. The molecule has 126 valence electrons. The summed E-state index contributed by atoms with van der Waals surface area (Å²) < 4.78 is 5.21. The van der Waals surface area contributed by atoms with Gasteiger partial charge in [-0.3, -0.25) is 4.79 Å². The monoisotopic (exact) mass is 317 g/mol. The van der Waals surface area contributed by atoms with Crippen molar-refractivity contribution in [2.45, 2.75) is 32.1 Å². The van der Waals surface area contributed by atoms with E-state index in [0.29, 0.717) is 17.8 Å². The Morgan fingerprint density at radius 3 is 2.48 bits per heavy atom. The molecular formula is C19H27NO3. The Labute approximate surface area is 138 Å². The van der Waals surface area contributed by atoms with E-state index in [9.17, 15) is 4.79 Å². The molecule has 1 unspecified atom stereocenters. The van der Waals surface area contributed by atoms with Crippen LogP contribution in [-0.2, 0) is 4.79 Å². The summed E-state index contributed by atoms with van der Waals surface area (Å²) in [5.74, 6) is 1.84. The van der Waals surface area contributed by atoms with E-state index in [4.69, 9.17) is 9.84 Å². The van der Waals surface area contributed by atoms with Crippen LogP contribution in [0.3, 0.4) is 0 Å². The second kappa shape index (κ2) is 6.91. The first kappa shape index (κ1) is 16.3. The van der Waals surface area contributed by atoms with E-state index in [1.807, 2.05) is 12.1 Å². The summed E-state index contributed by atoms with van der Waals surface area (Å²) in [6, 6.07) is 8.35. The summed E-state index contributed by atoms with van der Waals surface area (Å²) in [4.78, 5) is 13.5. The third-order valence-corrected chi connectivity index (χ3v) is 5.61. The highest BCUT2D eigenvalue weighted by Gasteiger charge is 2.48. The van der Waals surface area contributed by atoms with Gasteiger partial charge in [0.25, 0.3) is 0 Å². The van der Waals surface area contributed by atoms with Gasteiger partial charge in [0.05, 0.1) is 13.0 Å². The predicted octanol–water partition coefficient (Wildman–Crippen LogP) is 3.23. The number of nitrogens with zero attached hydrogens (tertiary/aromatic N) is 1. The third kappa shape index (κ3) is 3.86. The van der Waals surface area contributed by atoms with Gasteiger partial charge in [-0.25, -0.2) is 0 Å². The van der Waals surface area contributed by atoms with Gasteiger partial charge in [0.2, 0.25) is 0 Å². The summed E-state index contributed by atoms with van der Waals surface area (Å²) >= 11 is 0. The van der Waals surface area contributed by atoms with Crippen molar-refractivity contribution in [3.8, 4) is 5.75 Å². The Kier molecular flexibility index (Phi) is 4.90. The van der Waals surface area contributed by atoms with Gasteiger partial charge in [-0.15, -0.1) is 0 Å². The molecule has 0 spiro atoms. The highest BCUT2D eigenvalue weighted by Crippen LogP contribution is 2.48. The highest BCUT2D eigenvalue weighted by atomic mass is 16.5. The topological polar surface area (TPSA) is 49.8 Å². The smallest absolute Gasteiger partial charge is 0.306 e. The van der Waals surface area contributed by atoms with Crippen LogP contribution in [0.1, 0.15) is 37.7 Å². The van der Waals surface area contributed by atoms with Gasteiger partial charge < -0.3 is 14.7 Å². The van der Waals surface area contributed by atoms with E-state index in [-0.39, 0.29) is 5.92 Å². The van der Waals surface area contributed by atoms with Crippen LogP contribution in [0, 0.1) is 17.8 Å². The van der Waals surface area contributed by atoms with Crippen molar-refractivity contribution >= 4 is 5.97 Å². The van der Waals surface area contributed by atoms with Gasteiger partial charge in [-0.2, -0.15) is 0 Å². The molecule has 2 fully saturated rings. The molecule has 4 nitrogen and oxygen atoms in total. The van der Waals surface area contributed by atoms with E-state index in [1.165, 1.54) is 5.56 Å². The summed E-state index contributed by atoms with van der Waals surface area (Å²) in [6.45, 7) is 5.56. The van der Waals surface area contributed by atoms with Crippen LogP contribution in [-0.4, -0.2) is 42.7 Å². The minimum Gasteiger partial charge on any atom is -0.497 e. The molecule has 2 aliphatic rings. The normalized spacial score (nSPS) is 26.7. The number of ether oxygens (including phenoxy) is 1. The van der Waals surface area contributed by atoms with Gasteiger partial charge in [0.1, 0.15) is 5.75 Å². The first-order chi connectivity index (χ1) is 11.1. The third-order valence-electron chi connectivity index (χ3n) is 5.61. The number of piperidine rings is 1. The second-order valence-corrected chi connectivity index (χ2v) is 7.16. The van der Waals surface area contributed by atoms with Crippen molar-refractivity contribution in [1.82, 2.24) is 4.90 Å². The van der Waals surface area contributed by atoms with E-state index in [1.54, 1.807) is 7.11 Å². The van der Waals surface area contributed by atoms with Gasteiger partial charge in [0, 0.05) is 6.54 Å². The van der Waals surface area contributed by atoms with Crippen molar-refractivity contribution in [2.24, 2.45) is 17.8 Å². The minimum atomic E-state index is -0.592. The van der Waals surface area contributed by atoms with Crippen LogP contribution in [0.4, 0.5) is 0 Å². The number of aliphatic carboxylic acids is 1. The Hall–Kier alpha value is -1.55. The standard InChI is InChI=1S/C19H27NO3/c1-13(14-3-5-16(23-2)6-4-14)12-20-9-7-15(8-10-20)17-11-18(17)19(21)22/h3-6,13,15,17-18H,7-12H2,1-2H3,(H,21,22)/t13?,17-,18+/m0/s1. The fraction of sp³-hybridized carbons (Fsp3) is 0.632. The van der Waals surface area contributed by atoms with Gasteiger partial charge in [-0.1, -0.05) is 19.1 Å². The maximum atomic E-state index is 11.0. The molecule has 23 heavy (non-hydrogen) atoms. The van der Waals surface area contributed by atoms with Crippen LogP contribution >= 0.6 is 0 Å². The molecule has 1 aliphatic heterocycles. The van der Waals surface area contributed by atoms with Crippen molar-refractivity contribution in [3.63, 3.8) is 0 Å². The van der Waals surface area contributed by atoms with E-state index in [0.717, 1.165) is 44.6 Å². The number of hydrogen-bond acceptors (Lipinski definition) is 3. The Morgan fingerprint density at radius 1 is 1.30 bits per heavy atom.